The topological polar surface area (TPSA) is 39.4 Å². The zero-order chi connectivity index (χ0) is 17.1. The Kier molecular flexibility index (Phi) is 5.30. The van der Waals surface area contributed by atoms with Crippen LogP contribution in [0.3, 0.4) is 0 Å². The molecule has 0 bridgehead atoms. The molecule has 2 heterocycles. The van der Waals surface area contributed by atoms with Crippen LogP contribution in [0.15, 0.2) is 18.3 Å². The van der Waals surface area contributed by atoms with Crippen molar-refractivity contribution >= 4 is 5.65 Å². The number of fused-ring (bicyclic) bond motifs is 1. The van der Waals surface area contributed by atoms with Gasteiger partial charge in [0.2, 0.25) is 0 Å². The van der Waals surface area contributed by atoms with Gasteiger partial charge in [0.1, 0.15) is 12.0 Å². The van der Waals surface area contributed by atoms with Gasteiger partial charge < -0.3 is 4.74 Å². The van der Waals surface area contributed by atoms with Gasteiger partial charge in [0.25, 0.3) is 0 Å². The summed E-state index contributed by atoms with van der Waals surface area (Å²) in [6.07, 6.45) is 12.1. The predicted octanol–water partition coefficient (Wildman–Crippen LogP) is 4.96. The summed E-state index contributed by atoms with van der Waals surface area (Å²) in [6.45, 7) is 0.415. The molecule has 0 radical (unpaired) electrons. The molecule has 4 nitrogen and oxygen atoms in total. The Morgan fingerprint density at radius 3 is 2.56 bits per heavy atom. The lowest BCUT2D eigenvalue weighted by Gasteiger charge is -2.26. The molecule has 2 aromatic rings. The molecule has 5 heteroatoms. The van der Waals surface area contributed by atoms with Crippen LogP contribution >= 0.6 is 0 Å². The first kappa shape index (κ1) is 17.0. The minimum absolute atomic E-state index is 0.266. The Morgan fingerprint density at radius 1 is 1.00 bits per heavy atom. The second kappa shape index (κ2) is 7.81. The fourth-order valence-electron chi connectivity index (χ4n) is 4.35. The lowest BCUT2D eigenvalue weighted by molar-refractivity contribution is -0.0332. The number of halogens is 1. The molecule has 4 rings (SSSR count). The number of pyridine rings is 1. The second-order valence-electron chi connectivity index (χ2n) is 7.62. The molecule has 136 valence electrons. The van der Waals surface area contributed by atoms with Gasteiger partial charge in [-0.2, -0.15) is 0 Å². The monoisotopic (exact) mass is 345 g/mol. The summed E-state index contributed by atoms with van der Waals surface area (Å²) < 4.78 is 22.0. The average Bonchev–Trinajstić information content (AvgIpc) is 2.89. The van der Waals surface area contributed by atoms with Crippen molar-refractivity contribution in [2.24, 2.45) is 0 Å². The smallest absolute Gasteiger partial charge is 0.166 e. The molecular formula is C20H28FN3O. The number of ether oxygens (including phenoxy) is 1. The summed E-state index contributed by atoms with van der Waals surface area (Å²) in [7, 11) is 0. The van der Waals surface area contributed by atoms with E-state index in [-0.39, 0.29) is 6.10 Å². The first-order valence-electron chi connectivity index (χ1n) is 9.91. The van der Waals surface area contributed by atoms with E-state index in [1.54, 1.807) is 0 Å². The van der Waals surface area contributed by atoms with Gasteiger partial charge in [0.15, 0.2) is 5.65 Å². The Labute approximate surface area is 148 Å². The van der Waals surface area contributed by atoms with Crippen LogP contribution < -0.4 is 0 Å². The number of rotatable bonds is 4. The maximum Gasteiger partial charge on any atom is 0.166 e. The van der Waals surface area contributed by atoms with E-state index < -0.39 is 6.17 Å². The molecule has 0 N–H and O–H groups in total. The lowest BCUT2D eigenvalue weighted by atomic mass is 9.96. The van der Waals surface area contributed by atoms with E-state index in [1.165, 1.54) is 38.5 Å². The van der Waals surface area contributed by atoms with Gasteiger partial charge in [-0.05, 0) is 31.7 Å². The maximum atomic E-state index is 14.0. The van der Waals surface area contributed by atoms with Crippen molar-refractivity contribution in [1.82, 2.24) is 14.6 Å². The van der Waals surface area contributed by atoms with Crippen LogP contribution in [0.2, 0.25) is 0 Å². The molecule has 0 saturated heterocycles. The maximum absolute atomic E-state index is 14.0. The van der Waals surface area contributed by atoms with Crippen LogP contribution in [0.1, 0.15) is 81.5 Å². The van der Waals surface area contributed by atoms with E-state index in [4.69, 9.17) is 4.74 Å². The van der Waals surface area contributed by atoms with Crippen LogP contribution in [0.5, 0.6) is 0 Å². The molecule has 0 aromatic carbocycles. The molecule has 2 fully saturated rings. The van der Waals surface area contributed by atoms with Crippen LogP contribution in [-0.4, -0.2) is 26.9 Å². The molecule has 1 unspecified atom stereocenters. The third-order valence-corrected chi connectivity index (χ3v) is 5.84. The zero-order valence-electron chi connectivity index (χ0n) is 14.9. The zero-order valence-corrected chi connectivity index (χ0v) is 14.9. The summed E-state index contributed by atoms with van der Waals surface area (Å²) in [5, 5.41) is 8.96. The van der Waals surface area contributed by atoms with E-state index in [0.29, 0.717) is 18.9 Å². The number of aromatic nitrogens is 3. The molecule has 0 aliphatic heterocycles. The van der Waals surface area contributed by atoms with Crippen molar-refractivity contribution in [1.29, 1.82) is 0 Å². The fourth-order valence-corrected chi connectivity index (χ4v) is 4.35. The highest BCUT2D eigenvalue weighted by atomic mass is 19.1. The van der Waals surface area contributed by atoms with Gasteiger partial charge in [-0.15, -0.1) is 10.2 Å². The summed E-state index contributed by atoms with van der Waals surface area (Å²) in [6, 6.07) is 4.06. The number of alkyl halides is 1. The third-order valence-electron chi connectivity index (χ3n) is 5.84. The first-order valence-corrected chi connectivity index (χ1v) is 9.91. The lowest BCUT2D eigenvalue weighted by Crippen LogP contribution is -2.28. The van der Waals surface area contributed by atoms with Gasteiger partial charge >= 0.3 is 0 Å². The van der Waals surface area contributed by atoms with Crippen molar-refractivity contribution in [3.63, 3.8) is 0 Å². The van der Waals surface area contributed by atoms with Crippen molar-refractivity contribution in [2.45, 2.75) is 89.0 Å². The van der Waals surface area contributed by atoms with Crippen LogP contribution in [0, 0.1) is 0 Å². The molecular weight excluding hydrogens is 317 g/mol. The highest BCUT2D eigenvalue weighted by Gasteiger charge is 2.26. The Balaban J connectivity index is 1.52. The van der Waals surface area contributed by atoms with Gasteiger partial charge in [-0.1, -0.05) is 44.6 Å². The van der Waals surface area contributed by atoms with Crippen molar-refractivity contribution in [2.75, 3.05) is 0 Å². The summed E-state index contributed by atoms with van der Waals surface area (Å²) in [5.74, 6) is 1.59. The minimum Gasteiger partial charge on any atom is -0.370 e. The van der Waals surface area contributed by atoms with E-state index >= 15 is 0 Å². The number of hydrogen-bond acceptors (Lipinski definition) is 3. The standard InChI is InChI=1S/C20H28FN3O/c21-17-11-5-6-12-18(17)25-14-16-10-7-13-24-19(22-23-20(16)24)15-8-3-1-2-4-9-15/h7,10,13,15,17-18H,1-6,8-9,11-12,14H2/t17?,18-/m1/s1. The van der Waals surface area contributed by atoms with Crippen LogP contribution in [0.25, 0.3) is 5.65 Å². The summed E-state index contributed by atoms with van der Waals surface area (Å²) in [5.41, 5.74) is 1.88. The van der Waals surface area contributed by atoms with Crippen molar-refractivity contribution in [3.8, 4) is 0 Å². The molecule has 25 heavy (non-hydrogen) atoms. The average molecular weight is 345 g/mol. The third kappa shape index (κ3) is 3.71. The van der Waals surface area contributed by atoms with E-state index in [9.17, 15) is 4.39 Å². The summed E-state index contributed by atoms with van der Waals surface area (Å²) in [4.78, 5) is 0. The number of hydrogen-bond donors (Lipinski definition) is 0. The highest BCUT2D eigenvalue weighted by Crippen LogP contribution is 2.31. The molecule has 2 aliphatic carbocycles. The summed E-state index contributed by atoms with van der Waals surface area (Å²) >= 11 is 0. The normalized spacial score (nSPS) is 26.0. The highest BCUT2D eigenvalue weighted by molar-refractivity contribution is 5.47. The number of nitrogens with zero attached hydrogens (tertiary/aromatic N) is 3. The van der Waals surface area contributed by atoms with E-state index in [2.05, 4.69) is 20.8 Å². The molecule has 2 atom stereocenters. The first-order chi connectivity index (χ1) is 12.3. The molecule has 2 aromatic heterocycles. The van der Waals surface area contributed by atoms with Gasteiger partial charge in [-0.25, -0.2) is 4.39 Å². The molecule has 2 saturated carbocycles. The van der Waals surface area contributed by atoms with E-state index in [0.717, 1.165) is 36.3 Å². The van der Waals surface area contributed by atoms with Crippen molar-refractivity contribution in [3.05, 3.63) is 29.7 Å². The second-order valence-corrected chi connectivity index (χ2v) is 7.62. The van der Waals surface area contributed by atoms with Gasteiger partial charge in [0, 0.05) is 17.7 Å². The Bertz CT molecular complexity index is 693. The Morgan fingerprint density at radius 2 is 1.76 bits per heavy atom. The molecule has 2 aliphatic rings. The molecule has 0 spiro atoms. The van der Waals surface area contributed by atoms with Crippen LogP contribution in [0.4, 0.5) is 4.39 Å². The fraction of sp³-hybridized carbons (Fsp3) is 0.700. The molecule has 0 amide bonds. The van der Waals surface area contributed by atoms with Gasteiger partial charge in [0.05, 0.1) is 12.7 Å². The van der Waals surface area contributed by atoms with Gasteiger partial charge in [-0.3, -0.25) is 4.40 Å². The van der Waals surface area contributed by atoms with E-state index in [1.807, 2.05) is 12.1 Å². The Hall–Kier alpha value is -1.49. The quantitative estimate of drug-likeness (QED) is 0.735. The van der Waals surface area contributed by atoms with Crippen LogP contribution in [-0.2, 0) is 11.3 Å². The SMILES string of the molecule is FC1CCCC[C@H]1OCc1cccn2c(C3CCCCCC3)nnc12. The van der Waals surface area contributed by atoms with Crippen molar-refractivity contribution < 1.29 is 9.13 Å². The minimum atomic E-state index is -0.826. The largest absolute Gasteiger partial charge is 0.370 e. The predicted molar refractivity (Wildman–Crippen MR) is 95.4 cm³/mol.